The van der Waals surface area contributed by atoms with E-state index in [0.717, 1.165) is 30.9 Å². The van der Waals surface area contributed by atoms with Crippen LogP contribution in [0.5, 0.6) is 0 Å². The zero-order chi connectivity index (χ0) is 14.5. The topological polar surface area (TPSA) is 73.0 Å². The Hall–Kier alpha value is -1.40. The Kier molecular flexibility index (Phi) is 4.87. The van der Waals surface area contributed by atoms with Crippen molar-refractivity contribution in [3.05, 3.63) is 17.7 Å². The monoisotopic (exact) mass is 291 g/mol. The number of carbonyl (C=O) groups is 1. The largest absolute Gasteiger partial charge is 0.355 e. The molecule has 6 nitrogen and oxygen atoms in total. The number of rotatable bonds is 5. The molecule has 2 aliphatic heterocycles. The standard InChI is InChI=1S/C15H25N5O/c21-15(13-9-12-14(10-17-13)19-11-18-12)16-5-4-8-20-6-2-1-3-7-20/h11,13,17H,1-10H2,(H,16,21)(H,18,19). The molecule has 3 N–H and O–H groups in total. The molecule has 1 unspecified atom stereocenters. The number of nitrogens with zero attached hydrogens (tertiary/aromatic N) is 2. The number of fused-ring (bicyclic) bond motifs is 1. The summed E-state index contributed by atoms with van der Waals surface area (Å²) in [6.07, 6.45) is 7.43. The van der Waals surface area contributed by atoms with E-state index in [1.165, 1.54) is 32.4 Å². The molecule has 2 aliphatic rings. The molecule has 1 aromatic heterocycles. The third-order valence-electron chi connectivity index (χ3n) is 4.45. The third kappa shape index (κ3) is 3.83. The number of piperidine rings is 1. The Labute approximate surface area is 125 Å². The minimum Gasteiger partial charge on any atom is -0.355 e. The molecule has 3 heterocycles. The van der Waals surface area contributed by atoms with Crippen molar-refractivity contribution in [3.63, 3.8) is 0 Å². The molecule has 0 aromatic carbocycles. The van der Waals surface area contributed by atoms with Gasteiger partial charge < -0.3 is 15.2 Å². The molecule has 0 saturated carbocycles. The van der Waals surface area contributed by atoms with Crippen molar-refractivity contribution in [3.8, 4) is 0 Å². The Morgan fingerprint density at radius 2 is 2.24 bits per heavy atom. The van der Waals surface area contributed by atoms with Crippen molar-refractivity contribution >= 4 is 5.91 Å². The van der Waals surface area contributed by atoms with Crippen LogP contribution in [0.15, 0.2) is 6.33 Å². The lowest BCUT2D eigenvalue weighted by Crippen LogP contribution is -2.48. The van der Waals surface area contributed by atoms with Gasteiger partial charge in [-0.05, 0) is 38.9 Å². The summed E-state index contributed by atoms with van der Waals surface area (Å²) in [4.78, 5) is 22.0. The van der Waals surface area contributed by atoms with Crippen molar-refractivity contribution in [2.75, 3.05) is 26.2 Å². The second-order valence-electron chi connectivity index (χ2n) is 6.01. The van der Waals surface area contributed by atoms with E-state index in [4.69, 9.17) is 0 Å². The molecular formula is C15H25N5O. The number of hydrogen-bond donors (Lipinski definition) is 3. The molecule has 0 aliphatic carbocycles. The van der Waals surface area contributed by atoms with Gasteiger partial charge in [0.05, 0.1) is 23.8 Å². The highest BCUT2D eigenvalue weighted by Gasteiger charge is 2.25. The van der Waals surface area contributed by atoms with Gasteiger partial charge in [0.2, 0.25) is 5.91 Å². The van der Waals surface area contributed by atoms with Gasteiger partial charge in [-0.1, -0.05) is 6.42 Å². The smallest absolute Gasteiger partial charge is 0.237 e. The van der Waals surface area contributed by atoms with Gasteiger partial charge in [0, 0.05) is 19.5 Å². The molecule has 1 atom stereocenters. The fraction of sp³-hybridized carbons (Fsp3) is 0.733. The molecule has 6 heteroatoms. The zero-order valence-corrected chi connectivity index (χ0v) is 12.5. The van der Waals surface area contributed by atoms with Gasteiger partial charge in [0.15, 0.2) is 0 Å². The molecule has 116 valence electrons. The summed E-state index contributed by atoms with van der Waals surface area (Å²) in [5.41, 5.74) is 2.12. The maximum absolute atomic E-state index is 12.2. The second-order valence-corrected chi connectivity index (χ2v) is 6.01. The molecule has 0 bridgehead atoms. The number of imidazole rings is 1. The number of hydrogen-bond acceptors (Lipinski definition) is 4. The number of amides is 1. The van der Waals surface area contributed by atoms with Crippen LogP contribution < -0.4 is 10.6 Å². The van der Waals surface area contributed by atoms with Crippen LogP contribution in [0.2, 0.25) is 0 Å². The maximum Gasteiger partial charge on any atom is 0.237 e. The maximum atomic E-state index is 12.2. The number of H-pyrrole nitrogens is 1. The van der Waals surface area contributed by atoms with E-state index in [1.54, 1.807) is 6.33 Å². The third-order valence-corrected chi connectivity index (χ3v) is 4.45. The Morgan fingerprint density at radius 1 is 1.38 bits per heavy atom. The fourth-order valence-electron chi connectivity index (χ4n) is 3.17. The van der Waals surface area contributed by atoms with E-state index in [1.807, 2.05) is 0 Å². The van der Waals surface area contributed by atoms with Crippen LogP contribution in [0.3, 0.4) is 0 Å². The lowest BCUT2D eigenvalue weighted by molar-refractivity contribution is -0.123. The van der Waals surface area contributed by atoms with Crippen LogP contribution in [-0.4, -0.2) is 53.0 Å². The average Bonchev–Trinajstić information content (AvgIpc) is 3.00. The molecule has 1 fully saturated rings. The SMILES string of the molecule is O=C(NCCCN1CCCCC1)C1Cc2nc[nH]c2CN1. The predicted molar refractivity (Wildman–Crippen MR) is 80.8 cm³/mol. The van der Waals surface area contributed by atoms with Gasteiger partial charge in [0.1, 0.15) is 0 Å². The van der Waals surface area contributed by atoms with Gasteiger partial charge in [0.25, 0.3) is 0 Å². The highest BCUT2D eigenvalue weighted by Crippen LogP contribution is 2.12. The first kappa shape index (κ1) is 14.5. The van der Waals surface area contributed by atoms with E-state index < -0.39 is 0 Å². The van der Waals surface area contributed by atoms with Crippen LogP contribution in [0.4, 0.5) is 0 Å². The summed E-state index contributed by atoms with van der Waals surface area (Å²) in [6, 6.07) is -0.143. The molecule has 1 amide bonds. The summed E-state index contributed by atoms with van der Waals surface area (Å²) < 4.78 is 0. The number of aromatic nitrogens is 2. The van der Waals surface area contributed by atoms with Crippen LogP contribution in [0.25, 0.3) is 0 Å². The van der Waals surface area contributed by atoms with Crippen LogP contribution in [0.1, 0.15) is 37.1 Å². The van der Waals surface area contributed by atoms with Gasteiger partial charge in [-0.25, -0.2) is 4.98 Å². The van der Waals surface area contributed by atoms with E-state index in [0.29, 0.717) is 13.0 Å². The minimum atomic E-state index is -0.143. The molecule has 3 rings (SSSR count). The number of nitrogens with one attached hydrogen (secondary N) is 3. The molecule has 1 saturated heterocycles. The Balaban J connectivity index is 1.35. The first-order chi connectivity index (χ1) is 10.3. The van der Waals surface area contributed by atoms with Crippen molar-refractivity contribution in [2.45, 2.75) is 44.7 Å². The highest BCUT2D eigenvalue weighted by atomic mass is 16.2. The summed E-state index contributed by atoms with van der Waals surface area (Å²) in [5.74, 6) is 0.0993. The minimum absolute atomic E-state index is 0.0993. The van der Waals surface area contributed by atoms with E-state index in [-0.39, 0.29) is 11.9 Å². The first-order valence-electron chi connectivity index (χ1n) is 8.07. The fourth-order valence-corrected chi connectivity index (χ4v) is 3.17. The van der Waals surface area contributed by atoms with Gasteiger partial charge in [-0.3, -0.25) is 10.1 Å². The second kappa shape index (κ2) is 7.04. The number of carbonyl (C=O) groups excluding carboxylic acids is 1. The average molecular weight is 291 g/mol. The van der Waals surface area contributed by atoms with Crippen LogP contribution in [0, 0.1) is 0 Å². The molecule has 0 spiro atoms. The van der Waals surface area contributed by atoms with Crippen molar-refractivity contribution in [1.29, 1.82) is 0 Å². The predicted octanol–water partition coefficient (Wildman–Crippen LogP) is 0.416. The van der Waals surface area contributed by atoms with Gasteiger partial charge >= 0.3 is 0 Å². The molecule has 1 aromatic rings. The summed E-state index contributed by atoms with van der Waals surface area (Å²) in [6.45, 7) is 5.00. The Bertz CT molecular complexity index is 466. The molecule has 21 heavy (non-hydrogen) atoms. The van der Waals surface area contributed by atoms with Crippen LogP contribution >= 0.6 is 0 Å². The lowest BCUT2D eigenvalue weighted by atomic mass is 10.0. The number of aromatic amines is 1. The summed E-state index contributed by atoms with van der Waals surface area (Å²) >= 11 is 0. The summed E-state index contributed by atoms with van der Waals surface area (Å²) in [5, 5.41) is 6.31. The quantitative estimate of drug-likeness (QED) is 0.687. The number of likely N-dealkylation sites (tertiary alicyclic amines) is 1. The summed E-state index contributed by atoms with van der Waals surface area (Å²) in [7, 11) is 0. The van der Waals surface area contributed by atoms with Crippen LogP contribution in [-0.2, 0) is 17.8 Å². The Morgan fingerprint density at radius 3 is 3.10 bits per heavy atom. The molecule has 0 radical (unpaired) electrons. The van der Waals surface area contributed by atoms with Gasteiger partial charge in [-0.2, -0.15) is 0 Å². The lowest BCUT2D eigenvalue weighted by Gasteiger charge is -2.26. The van der Waals surface area contributed by atoms with E-state index in [2.05, 4.69) is 25.5 Å². The van der Waals surface area contributed by atoms with Gasteiger partial charge in [-0.15, -0.1) is 0 Å². The highest BCUT2D eigenvalue weighted by molar-refractivity contribution is 5.82. The zero-order valence-electron chi connectivity index (χ0n) is 12.5. The normalized spacial score (nSPS) is 22.8. The van der Waals surface area contributed by atoms with Crippen molar-refractivity contribution < 1.29 is 4.79 Å². The van der Waals surface area contributed by atoms with E-state index >= 15 is 0 Å². The van der Waals surface area contributed by atoms with Crippen molar-refractivity contribution in [1.82, 2.24) is 25.5 Å². The van der Waals surface area contributed by atoms with Crippen molar-refractivity contribution in [2.24, 2.45) is 0 Å². The van der Waals surface area contributed by atoms with E-state index in [9.17, 15) is 4.79 Å². The first-order valence-corrected chi connectivity index (χ1v) is 8.07. The molecular weight excluding hydrogens is 266 g/mol.